The van der Waals surface area contributed by atoms with Crippen molar-refractivity contribution in [2.24, 2.45) is 0 Å². The fourth-order valence-electron chi connectivity index (χ4n) is 2.80. The third-order valence-corrected chi connectivity index (χ3v) is 5.15. The zero-order chi connectivity index (χ0) is 16.7. The van der Waals surface area contributed by atoms with Gasteiger partial charge in [-0.2, -0.15) is 0 Å². The molecule has 0 atom stereocenters. The molecule has 3 N–H and O–H groups in total. The molecule has 7 nitrogen and oxygen atoms in total. The summed E-state index contributed by atoms with van der Waals surface area (Å²) in [4.78, 5) is 20.4. The number of carbonyl (C=O) groups is 1. The number of nitrogens with zero attached hydrogens (tertiary/aromatic N) is 3. The second-order valence-electron chi connectivity index (χ2n) is 5.45. The van der Waals surface area contributed by atoms with Gasteiger partial charge in [-0.1, -0.05) is 6.07 Å². The van der Waals surface area contributed by atoms with Crippen molar-refractivity contribution in [2.75, 3.05) is 18.9 Å². The van der Waals surface area contributed by atoms with E-state index in [0.29, 0.717) is 19.6 Å². The van der Waals surface area contributed by atoms with Gasteiger partial charge in [-0.05, 0) is 35.2 Å². The minimum absolute atomic E-state index is 0.228. The summed E-state index contributed by atoms with van der Waals surface area (Å²) in [7, 11) is 0. The van der Waals surface area contributed by atoms with Gasteiger partial charge in [0.2, 0.25) is 5.95 Å². The van der Waals surface area contributed by atoms with Crippen LogP contribution in [0.2, 0.25) is 0 Å². The van der Waals surface area contributed by atoms with Crippen LogP contribution >= 0.6 is 11.9 Å². The molecule has 3 heterocycles. The van der Waals surface area contributed by atoms with Crippen molar-refractivity contribution in [3.8, 4) is 16.9 Å². The Balaban J connectivity index is 1.77. The number of benzene rings is 1. The molecule has 0 unspecified atom stereocenters. The van der Waals surface area contributed by atoms with E-state index >= 15 is 0 Å². The van der Waals surface area contributed by atoms with Crippen molar-refractivity contribution < 1.29 is 14.6 Å². The minimum atomic E-state index is -0.932. The third kappa shape index (κ3) is 2.54. The average Bonchev–Trinajstić information content (AvgIpc) is 2.93. The van der Waals surface area contributed by atoms with Gasteiger partial charge in [0.15, 0.2) is 0 Å². The van der Waals surface area contributed by atoms with Gasteiger partial charge < -0.3 is 15.6 Å². The molecule has 2 aliphatic rings. The molecule has 0 fully saturated rings. The van der Waals surface area contributed by atoms with Crippen molar-refractivity contribution in [1.82, 2.24) is 14.3 Å². The van der Waals surface area contributed by atoms with E-state index in [-0.39, 0.29) is 5.95 Å². The fraction of sp³-hybridized carbons (Fsp3) is 0.188. The summed E-state index contributed by atoms with van der Waals surface area (Å²) >= 11 is 1.28. The average molecular weight is 342 g/mol. The Morgan fingerprint density at radius 1 is 1.29 bits per heavy atom. The lowest BCUT2D eigenvalue weighted by atomic mass is 9.99. The molecule has 0 bridgehead atoms. The van der Waals surface area contributed by atoms with Gasteiger partial charge >= 0.3 is 6.09 Å². The van der Waals surface area contributed by atoms with E-state index in [1.54, 1.807) is 12.4 Å². The quantitative estimate of drug-likeness (QED) is 0.768. The lowest BCUT2D eigenvalue weighted by Crippen LogP contribution is -2.20. The largest absolute Gasteiger partial charge is 0.493 e. The summed E-state index contributed by atoms with van der Waals surface area (Å²) in [6.45, 7) is 0.893. The van der Waals surface area contributed by atoms with Crippen LogP contribution in [0, 0.1) is 0 Å². The third-order valence-electron chi connectivity index (χ3n) is 3.97. The number of nitrogen functional groups attached to an aromatic ring is 1. The van der Waals surface area contributed by atoms with E-state index in [9.17, 15) is 9.90 Å². The first kappa shape index (κ1) is 14.8. The second kappa shape index (κ2) is 5.72. The highest BCUT2D eigenvalue weighted by molar-refractivity contribution is 8.01. The van der Waals surface area contributed by atoms with Crippen LogP contribution < -0.4 is 10.5 Å². The Morgan fingerprint density at radius 3 is 2.83 bits per heavy atom. The molecule has 1 aromatic heterocycles. The summed E-state index contributed by atoms with van der Waals surface area (Å²) in [5, 5.41) is 9.26. The Hall–Kier alpha value is -2.74. The molecule has 0 radical (unpaired) electrons. The summed E-state index contributed by atoms with van der Waals surface area (Å²) in [6, 6.07) is 5.85. The van der Waals surface area contributed by atoms with Gasteiger partial charge in [0.05, 0.1) is 13.2 Å². The molecule has 24 heavy (non-hydrogen) atoms. The number of amides is 1. The van der Waals surface area contributed by atoms with Gasteiger partial charge in [-0.15, -0.1) is 0 Å². The molecule has 0 saturated carbocycles. The predicted molar refractivity (Wildman–Crippen MR) is 91.2 cm³/mol. The molecule has 122 valence electrons. The molecule has 2 aromatic rings. The second-order valence-corrected chi connectivity index (χ2v) is 6.57. The molecule has 0 aliphatic carbocycles. The van der Waals surface area contributed by atoms with Crippen LogP contribution in [0.25, 0.3) is 16.7 Å². The van der Waals surface area contributed by atoms with Crippen LogP contribution in [0.3, 0.4) is 0 Å². The molecular formula is C16H14N4O3S. The van der Waals surface area contributed by atoms with Gasteiger partial charge in [-0.3, -0.25) is 0 Å². The van der Waals surface area contributed by atoms with Crippen molar-refractivity contribution in [3.63, 3.8) is 0 Å². The highest BCUT2D eigenvalue weighted by Gasteiger charge is 2.31. The number of carboxylic acid groups (broad SMARTS) is 1. The summed E-state index contributed by atoms with van der Waals surface area (Å²) in [6.07, 6.45) is 3.12. The number of aromatic nitrogens is 2. The van der Waals surface area contributed by atoms with Crippen LogP contribution in [-0.2, 0) is 0 Å². The monoisotopic (exact) mass is 342 g/mol. The number of rotatable bonds is 1. The van der Waals surface area contributed by atoms with Crippen LogP contribution in [0.1, 0.15) is 12.0 Å². The van der Waals surface area contributed by atoms with E-state index in [2.05, 4.69) is 9.97 Å². The van der Waals surface area contributed by atoms with Gasteiger partial charge in [-0.25, -0.2) is 19.1 Å². The first-order valence-corrected chi connectivity index (χ1v) is 8.15. The Bertz CT molecular complexity index is 851. The Kier molecular flexibility index (Phi) is 3.53. The highest BCUT2D eigenvalue weighted by atomic mass is 32.2. The van der Waals surface area contributed by atoms with E-state index in [1.165, 1.54) is 16.3 Å². The minimum Gasteiger partial charge on any atom is -0.493 e. The van der Waals surface area contributed by atoms with Crippen LogP contribution in [0.4, 0.5) is 10.7 Å². The van der Waals surface area contributed by atoms with Crippen LogP contribution in [0.15, 0.2) is 35.5 Å². The maximum atomic E-state index is 11.3. The van der Waals surface area contributed by atoms with Gasteiger partial charge in [0.25, 0.3) is 0 Å². The molecule has 8 heteroatoms. The van der Waals surface area contributed by atoms with Crippen molar-refractivity contribution in [1.29, 1.82) is 0 Å². The van der Waals surface area contributed by atoms with E-state index < -0.39 is 6.09 Å². The lowest BCUT2D eigenvalue weighted by Gasteiger charge is -2.14. The number of fused-ring (bicyclic) bond motifs is 2. The molecule has 0 saturated heterocycles. The maximum absolute atomic E-state index is 11.3. The SMILES string of the molecule is Nc1ncc(-c2ccc3c(c2)C2=C(CCO3)SN(C(=O)O)C2)cn1. The van der Waals surface area contributed by atoms with E-state index in [0.717, 1.165) is 32.9 Å². The molecule has 1 amide bonds. The summed E-state index contributed by atoms with van der Waals surface area (Å²) in [5.74, 6) is 0.999. The van der Waals surface area contributed by atoms with Crippen molar-refractivity contribution in [3.05, 3.63) is 41.1 Å². The normalized spacial score (nSPS) is 16.2. The zero-order valence-corrected chi connectivity index (χ0v) is 13.4. The number of hydrogen-bond donors (Lipinski definition) is 2. The Morgan fingerprint density at radius 2 is 2.08 bits per heavy atom. The predicted octanol–water partition coefficient (Wildman–Crippen LogP) is 2.86. The highest BCUT2D eigenvalue weighted by Crippen LogP contribution is 2.45. The number of nitrogens with two attached hydrogens (primary N) is 1. The maximum Gasteiger partial charge on any atom is 0.417 e. The molecule has 1 aromatic carbocycles. The topological polar surface area (TPSA) is 102 Å². The number of anilines is 1. The number of hydrogen-bond acceptors (Lipinski definition) is 6. The first-order chi connectivity index (χ1) is 11.6. The molecule has 0 spiro atoms. The lowest BCUT2D eigenvalue weighted by molar-refractivity contribution is 0.179. The van der Waals surface area contributed by atoms with E-state index in [4.69, 9.17) is 10.5 Å². The van der Waals surface area contributed by atoms with Crippen molar-refractivity contribution >= 4 is 29.6 Å². The Labute approximate surface area is 142 Å². The van der Waals surface area contributed by atoms with E-state index in [1.807, 2.05) is 18.2 Å². The van der Waals surface area contributed by atoms with Gasteiger partial charge in [0, 0.05) is 34.8 Å². The van der Waals surface area contributed by atoms with Crippen molar-refractivity contribution in [2.45, 2.75) is 6.42 Å². The summed E-state index contributed by atoms with van der Waals surface area (Å²) in [5.41, 5.74) is 9.25. The zero-order valence-electron chi connectivity index (χ0n) is 12.6. The smallest absolute Gasteiger partial charge is 0.417 e. The standard InChI is InChI=1S/C16H14N4O3S/c17-15-18-6-10(7-19-15)9-1-2-13-11(5-9)12-8-20(16(21)22)24-14(12)3-4-23-13/h1-2,5-7H,3-4,8H2,(H,21,22)(H2,17,18,19). The molecule has 4 rings (SSSR count). The van der Waals surface area contributed by atoms with Gasteiger partial charge in [0.1, 0.15) is 5.75 Å². The molecular weight excluding hydrogens is 328 g/mol. The first-order valence-electron chi connectivity index (χ1n) is 7.37. The molecule has 2 aliphatic heterocycles. The fourth-order valence-corrected chi connectivity index (χ4v) is 3.80. The summed E-state index contributed by atoms with van der Waals surface area (Å²) < 4.78 is 7.16. The number of ether oxygens (including phenoxy) is 1. The van der Waals surface area contributed by atoms with Crippen LogP contribution in [0.5, 0.6) is 5.75 Å². The van der Waals surface area contributed by atoms with Crippen LogP contribution in [-0.4, -0.2) is 38.6 Å².